The van der Waals surface area contributed by atoms with Crippen LogP contribution < -0.4 is 5.32 Å². The molecule has 16 heavy (non-hydrogen) atoms. The zero-order valence-corrected chi connectivity index (χ0v) is 9.62. The minimum Gasteiger partial charge on any atom is -0.362 e. The Morgan fingerprint density at radius 3 is 2.75 bits per heavy atom. The van der Waals surface area contributed by atoms with Gasteiger partial charge < -0.3 is 9.84 Å². The molecule has 0 amide bonds. The maximum absolute atomic E-state index is 5.72. The van der Waals surface area contributed by atoms with Crippen LogP contribution in [0.3, 0.4) is 0 Å². The lowest BCUT2D eigenvalue weighted by atomic mass is 10.4. The SMILES string of the molecule is Cc1cc(NCc2noc(C)n2)nc(Cl)n1. The van der Waals surface area contributed by atoms with Crippen molar-refractivity contribution in [1.82, 2.24) is 20.1 Å². The first-order valence-corrected chi connectivity index (χ1v) is 5.05. The van der Waals surface area contributed by atoms with Crippen molar-refractivity contribution in [3.05, 3.63) is 28.8 Å². The van der Waals surface area contributed by atoms with Gasteiger partial charge in [0.2, 0.25) is 11.2 Å². The highest BCUT2D eigenvalue weighted by Gasteiger charge is 2.03. The molecule has 2 aromatic rings. The van der Waals surface area contributed by atoms with Crippen LogP contribution in [-0.4, -0.2) is 20.1 Å². The van der Waals surface area contributed by atoms with Gasteiger partial charge in [-0.05, 0) is 18.5 Å². The summed E-state index contributed by atoms with van der Waals surface area (Å²) in [7, 11) is 0. The molecule has 1 N–H and O–H groups in total. The molecule has 0 bridgehead atoms. The molecule has 0 aliphatic carbocycles. The van der Waals surface area contributed by atoms with Crippen molar-refractivity contribution in [3.8, 4) is 0 Å². The molecule has 84 valence electrons. The average Bonchev–Trinajstić information content (AvgIpc) is 2.60. The molecule has 0 fully saturated rings. The summed E-state index contributed by atoms with van der Waals surface area (Å²) in [4.78, 5) is 12.0. The molecule has 7 heteroatoms. The number of aryl methyl sites for hydroxylation is 2. The fraction of sp³-hybridized carbons (Fsp3) is 0.333. The third kappa shape index (κ3) is 2.66. The third-order valence-electron chi connectivity index (χ3n) is 1.82. The summed E-state index contributed by atoms with van der Waals surface area (Å²) in [6.45, 7) is 4.02. The highest BCUT2D eigenvalue weighted by atomic mass is 35.5. The molecule has 0 aliphatic heterocycles. The van der Waals surface area contributed by atoms with Gasteiger partial charge in [-0.1, -0.05) is 5.16 Å². The fourth-order valence-electron chi connectivity index (χ4n) is 1.21. The number of halogens is 1. The highest BCUT2D eigenvalue weighted by Crippen LogP contribution is 2.10. The van der Waals surface area contributed by atoms with Gasteiger partial charge in [0.15, 0.2) is 5.82 Å². The second-order valence-electron chi connectivity index (χ2n) is 3.25. The van der Waals surface area contributed by atoms with Crippen LogP contribution in [0.2, 0.25) is 5.28 Å². The van der Waals surface area contributed by atoms with E-state index in [-0.39, 0.29) is 5.28 Å². The molecular weight excluding hydrogens is 230 g/mol. The average molecular weight is 240 g/mol. The molecule has 0 aromatic carbocycles. The van der Waals surface area contributed by atoms with Crippen molar-refractivity contribution in [2.24, 2.45) is 0 Å². The Labute approximate surface area is 97.1 Å². The second-order valence-corrected chi connectivity index (χ2v) is 3.58. The summed E-state index contributed by atoms with van der Waals surface area (Å²) in [5.74, 6) is 1.75. The predicted octanol–water partition coefficient (Wildman–Crippen LogP) is 1.74. The Morgan fingerprint density at radius 2 is 2.12 bits per heavy atom. The first-order chi connectivity index (χ1) is 7.63. The fourth-order valence-corrected chi connectivity index (χ4v) is 1.43. The number of nitrogens with zero attached hydrogens (tertiary/aromatic N) is 4. The molecule has 0 spiro atoms. The zero-order valence-electron chi connectivity index (χ0n) is 8.86. The van der Waals surface area contributed by atoms with Crippen LogP contribution in [0.4, 0.5) is 5.82 Å². The van der Waals surface area contributed by atoms with E-state index >= 15 is 0 Å². The lowest BCUT2D eigenvalue weighted by Crippen LogP contribution is -2.04. The molecule has 2 rings (SSSR count). The molecule has 0 saturated carbocycles. The Balaban J connectivity index is 2.04. The minimum absolute atomic E-state index is 0.215. The zero-order chi connectivity index (χ0) is 11.5. The Kier molecular flexibility index (Phi) is 3.00. The van der Waals surface area contributed by atoms with E-state index in [1.54, 1.807) is 13.0 Å². The van der Waals surface area contributed by atoms with Gasteiger partial charge in [0.05, 0.1) is 6.54 Å². The third-order valence-corrected chi connectivity index (χ3v) is 1.99. The molecule has 2 heterocycles. The smallest absolute Gasteiger partial charge is 0.224 e. The monoisotopic (exact) mass is 239 g/mol. The lowest BCUT2D eigenvalue weighted by molar-refractivity contribution is 0.388. The van der Waals surface area contributed by atoms with E-state index in [4.69, 9.17) is 16.1 Å². The normalized spacial score (nSPS) is 10.4. The molecule has 0 radical (unpaired) electrons. The summed E-state index contributed by atoms with van der Waals surface area (Å²) in [5, 5.41) is 7.00. The standard InChI is InChI=1S/C9H10ClN5O/c1-5-3-7(14-9(10)12-5)11-4-8-13-6(2)16-15-8/h3H,4H2,1-2H3,(H,11,12,14). The molecule has 0 atom stereocenters. The van der Waals surface area contributed by atoms with E-state index in [0.29, 0.717) is 24.1 Å². The van der Waals surface area contributed by atoms with Gasteiger partial charge in [-0.2, -0.15) is 4.98 Å². The van der Waals surface area contributed by atoms with Gasteiger partial charge in [-0.3, -0.25) is 0 Å². The van der Waals surface area contributed by atoms with Crippen molar-refractivity contribution < 1.29 is 4.52 Å². The molecular formula is C9H10ClN5O. The molecule has 0 saturated heterocycles. The van der Waals surface area contributed by atoms with Gasteiger partial charge in [-0.15, -0.1) is 0 Å². The van der Waals surface area contributed by atoms with Gasteiger partial charge in [0, 0.05) is 18.7 Å². The number of nitrogens with one attached hydrogen (secondary N) is 1. The molecule has 6 nitrogen and oxygen atoms in total. The number of anilines is 1. The number of hydrogen-bond donors (Lipinski definition) is 1. The maximum atomic E-state index is 5.72. The minimum atomic E-state index is 0.215. The molecule has 0 aliphatic rings. The molecule has 0 unspecified atom stereocenters. The van der Waals surface area contributed by atoms with Gasteiger partial charge in [0.25, 0.3) is 0 Å². The Morgan fingerprint density at radius 1 is 1.31 bits per heavy atom. The van der Waals surface area contributed by atoms with Crippen molar-refractivity contribution in [2.75, 3.05) is 5.32 Å². The first kappa shape index (κ1) is 10.8. The summed E-state index contributed by atoms with van der Waals surface area (Å²) in [5.41, 5.74) is 0.798. The number of aromatic nitrogens is 4. The molecule has 2 aromatic heterocycles. The van der Waals surface area contributed by atoms with Gasteiger partial charge in [0.1, 0.15) is 5.82 Å². The largest absolute Gasteiger partial charge is 0.362 e. The van der Waals surface area contributed by atoms with E-state index in [2.05, 4.69) is 25.4 Å². The van der Waals surface area contributed by atoms with E-state index in [0.717, 1.165) is 5.69 Å². The summed E-state index contributed by atoms with van der Waals surface area (Å²) in [6.07, 6.45) is 0. The quantitative estimate of drug-likeness (QED) is 0.823. The maximum Gasteiger partial charge on any atom is 0.224 e. The second kappa shape index (κ2) is 4.44. The Bertz CT molecular complexity index is 478. The topological polar surface area (TPSA) is 76.7 Å². The summed E-state index contributed by atoms with van der Waals surface area (Å²) < 4.78 is 4.84. The summed E-state index contributed by atoms with van der Waals surface area (Å²) in [6, 6.07) is 1.79. The van der Waals surface area contributed by atoms with Gasteiger partial charge >= 0.3 is 0 Å². The number of hydrogen-bond acceptors (Lipinski definition) is 6. The van der Waals surface area contributed by atoms with Crippen molar-refractivity contribution in [1.29, 1.82) is 0 Å². The van der Waals surface area contributed by atoms with Gasteiger partial charge in [-0.25, -0.2) is 9.97 Å². The van der Waals surface area contributed by atoms with Crippen LogP contribution in [0, 0.1) is 13.8 Å². The highest BCUT2D eigenvalue weighted by molar-refractivity contribution is 6.28. The van der Waals surface area contributed by atoms with Crippen molar-refractivity contribution in [2.45, 2.75) is 20.4 Å². The van der Waals surface area contributed by atoms with E-state index in [9.17, 15) is 0 Å². The van der Waals surface area contributed by atoms with Crippen LogP contribution >= 0.6 is 11.6 Å². The van der Waals surface area contributed by atoms with Crippen LogP contribution in [0.15, 0.2) is 10.6 Å². The number of rotatable bonds is 3. The van der Waals surface area contributed by atoms with Crippen LogP contribution in [0.5, 0.6) is 0 Å². The van der Waals surface area contributed by atoms with Crippen LogP contribution in [0.1, 0.15) is 17.4 Å². The summed E-state index contributed by atoms with van der Waals surface area (Å²) >= 11 is 5.72. The van der Waals surface area contributed by atoms with Crippen molar-refractivity contribution >= 4 is 17.4 Å². The first-order valence-electron chi connectivity index (χ1n) is 4.68. The van der Waals surface area contributed by atoms with Crippen molar-refractivity contribution in [3.63, 3.8) is 0 Å². The lowest BCUT2D eigenvalue weighted by Gasteiger charge is -2.03. The van der Waals surface area contributed by atoms with E-state index in [1.807, 2.05) is 6.92 Å². The Hall–Kier alpha value is -1.69. The van der Waals surface area contributed by atoms with Crippen LogP contribution in [0.25, 0.3) is 0 Å². The van der Waals surface area contributed by atoms with Crippen LogP contribution in [-0.2, 0) is 6.54 Å². The predicted molar refractivity (Wildman–Crippen MR) is 58.1 cm³/mol. The van der Waals surface area contributed by atoms with E-state index < -0.39 is 0 Å². The van der Waals surface area contributed by atoms with E-state index in [1.165, 1.54) is 0 Å².